The average molecular weight is 170 g/mol. The Morgan fingerprint density at radius 3 is 2.17 bits per heavy atom. The summed E-state index contributed by atoms with van der Waals surface area (Å²) in [6.45, 7) is 0. The Morgan fingerprint density at radius 2 is 1.75 bits per heavy atom. The van der Waals surface area contributed by atoms with Gasteiger partial charge in [-0.1, -0.05) is 0 Å². The van der Waals surface area contributed by atoms with Crippen LogP contribution in [0, 0.1) is 11.8 Å². The zero-order valence-electron chi connectivity index (χ0n) is 7.15. The molecule has 68 valence electrons. The van der Waals surface area contributed by atoms with Crippen LogP contribution in [0.1, 0.15) is 32.1 Å². The second-order valence-corrected chi connectivity index (χ2v) is 4.02. The summed E-state index contributed by atoms with van der Waals surface area (Å²) in [5.74, 6) is 1.36. The van der Waals surface area contributed by atoms with E-state index in [4.69, 9.17) is 14.7 Å². The smallest absolute Gasteiger partial charge is 0.402 e. The third kappa shape index (κ3) is 1.65. The molecule has 0 aliphatic heterocycles. The summed E-state index contributed by atoms with van der Waals surface area (Å²) in [4.78, 5) is 0. The van der Waals surface area contributed by atoms with Crippen LogP contribution < -0.4 is 0 Å². The highest BCUT2D eigenvalue weighted by Crippen LogP contribution is 2.42. The quantitative estimate of drug-likeness (QED) is 0.595. The molecule has 3 saturated carbocycles. The fourth-order valence-corrected chi connectivity index (χ4v) is 2.64. The largest absolute Gasteiger partial charge is 0.634 e. The van der Waals surface area contributed by atoms with Gasteiger partial charge in [-0.3, -0.25) is 0 Å². The molecule has 0 aromatic carbocycles. The molecule has 3 aliphatic rings. The summed E-state index contributed by atoms with van der Waals surface area (Å²) < 4.78 is 5.04. The van der Waals surface area contributed by atoms with Crippen molar-refractivity contribution in [3.8, 4) is 0 Å². The minimum absolute atomic E-state index is 0.109. The molecule has 0 spiro atoms. The number of rotatable bonds is 2. The molecule has 3 fully saturated rings. The first-order valence-electron chi connectivity index (χ1n) is 4.77. The average Bonchev–Trinajstić information content (AvgIpc) is 2.05. The van der Waals surface area contributed by atoms with Crippen molar-refractivity contribution in [3.63, 3.8) is 0 Å². The minimum Gasteiger partial charge on any atom is -0.402 e. The maximum absolute atomic E-state index is 8.67. The van der Waals surface area contributed by atoms with Gasteiger partial charge >= 0.3 is 7.32 Å². The van der Waals surface area contributed by atoms with Crippen LogP contribution in [0.25, 0.3) is 0 Å². The summed E-state index contributed by atoms with van der Waals surface area (Å²) in [5, 5.41) is 17.3. The molecule has 1 unspecified atom stereocenters. The second-order valence-electron chi connectivity index (χ2n) is 4.02. The molecule has 2 bridgehead atoms. The summed E-state index contributed by atoms with van der Waals surface area (Å²) >= 11 is 0. The third-order valence-electron chi connectivity index (χ3n) is 3.28. The van der Waals surface area contributed by atoms with Crippen molar-refractivity contribution in [2.45, 2.75) is 38.2 Å². The lowest BCUT2D eigenvalue weighted by atomic mass is 9.69. The van der Waals surface area contributed by atoms with Crippen LogP contribution in [0.15, 0.2) is 0 Å². The van der Waals surface area contributed by atoms with Gasteiger partial charge in [0.15, 0.2) is 0 Å². The van der Waals surface area contributed by atoms with Crippen LogP contribution >= 0.6 is 0 Å². The van der Waals surface area contributed by atoms with Crippen molar-refractivity contribution in [3.05, 3.63) is 0 Å². The van der Waals surface area contributed by atoms with E-state index in [1.165, 1.54) is 25.7 Å². The number of hydrogen-bond acceptors (Lipinski definition) is 3. The van der Waals surface area contributed by atoms with E-state index in [-0.39, 0.29) is 6.10 Å². The van der Waals surface area contributed by atoms with Gasteiger partial charge in [0.05, 0.1) is 0 Å². The van der Waals surface area contributed by atoms with E-state index in [2.05, 4.69) is 0 Å². The molecule has 12 heavy (non-hydrogen) atoms. The molecule has 3 nitrogen and oxygen atoms in total. The van der Waals surface area contributed by atoms with Crippen molar-refractivity contribution in [2.75, 3.05) is 0 Å². The van der Waals surface area contributed by atoms with Crippen molar-refractivity contribution in [2.24, 2.45) is 11.8 Å². The van der Waals surface area contributed by atoms with Crippen LogP contribution in [-0.2, 0) is 4.65 Å². The predicted octanol–water partition coefficient (Wildman–Crippen LogP) is 0.551. The van der Waals surface area contributed by atoms with Crippen molar-refractivity contribution in [1.82, 2.24) is 0 Å². The number of fused-ring (bicyclic) bond motifs is 3. The van der Waals surface area contributed by atoms with Crippen LogP contribution in [0.5, 0.6) is 0 Å². The molecular weight excluding hydrogens is 155 g/mol. The first-order valence-corrected chi connectivity index (χ1v) is 4.77. The van der Waals surface area contributed by atoms with Crippen LogP contribution in [0.3, 0.4) is 0 Å². The first-order chi connectivity index (χ1) is 5.75. The van der Waals surface area contributed by atoms with Gasteiger partial charge in [0.2, 0.25) is 0 Å². The predicted molar refractivity (Wildman–Crippen MR) is 45.1 cm³/mol. The van der Waals surface area contributed by atoms with Gasteiger partial charge in [-0.25, -0.2) is 0 Å². The van der Waals surface area contributed by atoms with Gasteiger partial charge in [0.25, 0.3) is 0 Å². The maximum Gasteiger partial charge on any atom is 0.634 e. The summed E-state index contributed by atoms with van der Waals surface area (Å²) in [6.07, 6.45) is 6.18. The minimum atomic E-state index is -1.57. The summed E-state index contributed by atoms with van der Waals surface area (Å²) in [5.41, 5.74) is 0. The fraction of sp³-hybridized carbons (Fsp3) is 1.00. The molecule has 0 saturated heterocycles. The highest BCUT2D eigenvalue weighted by molar-refractivity contribution is 6.32. The maximum atomic E-state index is 8.67. The van der Waals surface area contributed by atoms with E-state index in [0.717, 1.165) is 12.3 Å². The Kier molecular flexibility index (Phi) is 2.39. The monoisotopic (exact) mass is 170 g/mol. The van der Waals surface area contributed by atoms with Gasteiger partial charge in [-0.2, -0.15) is 0 Å². The Bertz CT molecular complexity index is 152. The zero-order valence-corrected chi connectivity index (χ0v) is 7.15. The highest BCUT2D eigenvalue weighted by atomic mass is 16.6. The van der Waals surface area contributed by atoms with Gasteiger partial charge in [0, 0.05) is 6.10 Å². The molecule has 0 aromatic heterocycles. The zero-order chi connectivity index (χ0) is 8.55. The molecule has 0 radical (unpaired) electrons. The van der Waals surface area contributed by atoms with E-state index in [9.17, 15) is 0 Å². The Morgan fingerprint density at radius 1 is 1.08 bits per heavy atom. The second kappa shape index (κ2) is 3.36. The van der Waals surface area contributed by atoms with Gasteiger partial charge in [-0.05, 0) is 43.9 Å². The fourth-order valence-electron chi connectivity index (χ4n) is 2.64. The molecule has 1 atom stereocenters. The Balaban J connectivity index is 1.91. The SMILES string of the molecule is OB(O)OC1CC2CCC1CC2. The molecule has 2 N–H and O–H groups in total. The van der Waals surface area contributed by atoms with E-state index in [0.29, 0.717) is 5.92 Å². The van der Waals surface area contributed by atoms with Crippen LogP contribution in [0.4, 0.5) is 0 Å². The lowest BCUT2D eigenvalue weighted by Gasteiger charge is -2.42. The van der Waals surface area contributed by atoms with Gasteiger partial charge in [-0.15, -0.1) is 0 Å². The molecule has 0 heterocycles. The molecular formula is C8H15BO3. The highest BCUT2D eigenvalue weighted by Gasteiger charge is 2.37. The van der Waals surface area contributed by atoms with Crippen molar-refractivity contribution in [1.29, 1.82) is 0 Å². The molecule has 0 aromatic rings. The molecule has 3 aliphatic carbocycles. The van der Waals surface area contributed by atoms with Crippen molar-refractivity contribution < 1.29 is 14.7 Å². The standard InChI is InChI=1S/C8H15BO3/c10-9(11)12-8-5-6-1-3-7(8)4-2-6/h6-8,10-11H,1-5H2. The Hall–Kier alpha value is -0.0551. The van der Waals surface area contributed by atoms with Crippen LogP contribution in [-0.4, -0.2) is 23.5 Å². The normalized spacial score (nSPS) is 40.0. The number of hydrogen-bond donors (Lipinski definition) is 2. The topological polar surface area (TPSA) is 49.7 Å². The van der Waals surface area contributed by atoms with E-state index < -0.39 is 7.32 Å². The Labute approximate surface area is 72.9 Å². The first kappa shape index (κ1) is 8.54. The van der Waals surface area contributed by atoms with E-state index in [1.54, 1.807) is 0 Å². The van der Waals surface area contributed by atoms with Gasteiger partial charge < -0.3 is 14.7 Å². The van der Waals surface area contributed by atoms with Crippen LogP contribution in [0.2, 0.25) is 0 Å². The van der Waals surface area contributed by atoms with E-state index >= 15 is 0 Å². The lowest BCUT2D eigenvalue weighted by Crippen LogP contribution is -2.40. The molecule has 0 amide bonds. The molecule has 4 heteroatoms. The molecule has 3 rings (SSSR count). The van der Waals surface area contributed by atoms with Gasteiger partial charge in [0.1, 0.15) is 0 Å². The van der Waals surface area contributed by atoms with E-state index in [1.807, 2.05) is 0 Å². The third-order valence-corrected chi connectivity index (χ3v) is 3.28. The summed E-state index contributed by atoms with van der Waals surface area (Å²) in [7, 11) is -1.57. The summed E-state index contributed by atoms with van der Waals surface area (Å²) in [6, 6.07) is 0. The van der Waals surface area contributed by atoms with Crippen molar-refractivity contribution >= 4 is 7.32 Å². The lowest BCUT2D eigenvalue weighted by molar-refractivity contribution is -0.00805.